The molecule has 0 unspecified atom stereocenters. The van der Waals surface area contributed by atoms with Crippen LogP contribution in [0.5, 0.6) is 0 Å². The van der Waals surface area contributed by atoms with Crippen molar-refractivity contribution in [2.24, 2.45) is 0 Å². The molecule has 0 atom stereocenters. The zero-order valence-corrected chi connectivity index (χ0v) is 9.63. The minimum Gasteiger partial charge on any atom is -0.253 e. The van der Waals surface area contributed by atoms with Crippen LogP contribution in [0, 0.1) is 5.82 Å². The Morgan fingerprint density at radius 1 is 1.35 bits per heavy atom. The largest absolute Gasteiger partial charge is 0.321 e. The van der Waals surface area contributed by atoms with E-state index in [1.54, 1.807) is 23.9 Å². The molecule has 3 rings (SSSR count). The van der Waals surface area contributed by atoms with Gasteiger partial charge in [0.25, 0.3) is 0 Å². The Bertz CT molecular complexity index is 579. The van der Waals surface area contributed by atoms with Crippen LogP contribution in [0.4, 0.5) is 4.39 Å². The summed E-state index contributed by atoms with van der Waals surface area (Å²) in [5.74, 6) is 1.05. The lowest BCUT2D eigenvalue weighted by atomic mass is 10.2. The number of H-pyrrole nitrogens is 1. The molecule has 1 aromatic heterocycles. The van der Waals surface area contributed by atoms with E-state index in [-0.39, 0.29) is 11.7 Å². The zero-order valence-electron chi connectivity index (χ0n) is 8.81. The molecule has 0 radical (unpaired) electrons. The molecule has 2 aromatic rings. The predicted octanol–water partition coefficient (Wildman–Crippen LogP) is 1.64. The Balaban J connectivity index is 2.05. The Morgan fingerprint density at radius 2 is 2.12 bits per heavy atom. The molecular formula is C11H9FN3OS+. The second kappa shape index (κ2) is 3.96. The van der Waals surface area contributed by atoms with Crippen molar-refractivity contribution in [2.45, 2.75) is 11.6 Å². The lowest BCUT2D eigenvalue weighted by Crippen LogP contribution is -2.21. The van der Waals surface area contributed by atoms with Crippen molar-refractivity contribution < 1.29 is 14.2 Å². The van der Waals surface area contributed by atoms with E-state index in [4.69, 9.17) is 0 Å². The van der Waals surface area contributed by atoms with E-state index in [1.807, 2.05) is 0 Å². The van der Waals surface area contributed by atoms with E-state index in [1.165, 1.54) is 16.8 Å². The maximum Gasteiger partial charge on any atom is 0.321 e. The highest BCUT2D eigenvalue weighted by Crippen LogP contribution is 2.22. The summed E-state index contributed by atoms with van der Waals surface area (Å²) >= 11 is 1.56. The van der Waals surface area contributed by atoms with Gasteiger partial charge in [-0.15, -0.1) is 0 Å². The minimum absolute atomic E-state index is 0.0108. The van der Waals surface area contributed by atoms with E-state index in [0.717, 1.165) is 16.5 Å². The standard InChI is InChI=1S/C11H8FN3OS/c12-8-3-1-7(2-4-8)10-13-11-15(14-10)9(16)5-6-17-11/h1-4H,5-6H2/p+1. The van der Waals surface area contributed by atoms with Gasteiger partial charge in [0, 0.05) is 5.75 Å². The summed E-state index contributed by atoms with van der Waals surface area (Å²) in [6.07, 6.45) is 0.496. The van der Waals surface area contributed by atoms with Crippen LogP contribution in [-0.4, -0.2) is 21.4 Å². The van der Waals surface area contributed by atoms with Crippen LogP contribution in [0.25, 0.3) is 11.4 Å². The van der Waals surface area contributed by atoms with Crippen molar-refractivity contribution in [1.82, 2.24) is 9.78 Å². The summed E-state index contributed by atoms with van der Waals surface area (Å²) in [5, 5.41) is 4.94. The first-order chi connectivity index (χ1) is 8.24. The van der Waals surface area contributed by atoms with Gasteiger partial charge < -0.3 is 0 Å². The highest BCUT2D eigenvalue weighted by molar-refractivity contribution is 7.99. The van der Waals surface area contributed by atoms with E-state index < -0.39 is 0 Å². The van der Waals surface area contributed by atoms with Crippen LogP contribution in [0.1, 0.15) is 11.2 Å². The number of nitrogens with one attached hydrogen (secondary N) is 1. The molecule has 1 aliphatic rings. The molecule has 0 saturated heterocycles. The van der Waals surface area contributed by atoms with Gasteiger partial charge in [0.05, 0.1) is 17.1 Å². The number of carbonyl (C=O) groups excluding carboxylic acids is 1. The molecule has 0 amide bonds. The molecule has 0 fully saturated rings. The van der Waals surface area contributed by atoms with Crippen LogP contribution in [-0.2, 0) is 0 Å². The number of hydrogen-bond donors (Lipinski definition) is 0. The van der Waals surface area contributed by atoms with Crippen LogP contribution in [0.2, 0.25) is 0 Å². The van der Waals surface area contributed by atoms with Crippen LogP contribution in [0.3, 0.4) is 0 Å². The normalized spacial score (nSPS) is 14.8. The number of nitrogens with zero attached hydrogens (tertiary/aromatic N) is 2. The summed E-state index contributed by atoms with van der Waals surface area (Å²) in [4.78, 5) is 14.7. The quantitative estimate of drug-likeness (QED) is 0.773. The van der Waals surface area contributed by atoms with E-state index in [0.29, 0.717) is 12.2 Å². The first-order valence-corrected chi connectivity index (χ1v) is 6.17. The summed E-state index contributed by atoms with van der Waals surface area (Å²) in [7, 11) is 0. The van der Waals surface area contributed by atoms with Crippen molar-refractivity contribution >= 4 is 17.7 Å². The SMILES string of the molecule is O=C1CCSc2[nH+]c(-c3ccc(F)cc3)nn21. The topological polar surface area (TPSA) is 49.0 Å². The molecule has 2 heterocycles. The third kappa shape index (κ3) is 1.84. The Hall–Kier alpha value is -1.69. The summed E-state index contributed by atoms with van der Waals surface area (Å²) < 4.78 is 14.2. The maximum absolute atomic E-state index is 12.8. The molecule has 4 nitrogen and oxygen atoms in total. The summed E-state index contributed by atoms with van der Waals surface area (Å²) in [6.45, 7) is 0. The molecule has 1 aromatic carbocycles. The van der Waals surface area contributed by atoms with Gasteiger partial charge >= 0.3 is 16.9 Å². The first kappa shape index (κ1) is 10.5. The average molecular weight is 250 g/mol. The van der Waals surface area contributed by atoms with Crippen molar-refractivity contribution in [3.05, 3.63) is 30.1 Å². The summed E-state index contributed by atoms with van der Waals surface area (Å²) in [6, 6.07) is 6.01. The van der Waals surface area contributed by atoms with E-state index in [2.05, 4.69) is 10.1 Å². The molecule has 86 valence electrons. The monoisotopic (exact) mass is 250 g/mol. The number of rotatable bonds is 1. The predicted molar refractivity (Wildman–Crippen MR) is 60.1 cm³/mol. The first-order valence-electron chi connectivity index (χ1n) is 5.18. The second-order valence-corrected chi connectivity index (χ2v) is 4.77. The van der Waals surface area contributed by atoms with Crippen molar-refractivity contribution in [3.63, 3.8) is 0 Å². The van der Waals surface area contributed by atoms with Crippen molar-refractivity contribution in [3.8, 4) is 11.4 Å². The van der Waals surface area contributed by atoms with Gasteiger partial charge in [-0.25, -0.2) is 9.37 Å². The number of aromatic nitrogens is 3. The van der Waals surface area contributed by atoms with Gasteiger partial charge in [0.2, 0.25) is 0 Å². The van der Waals surface area contributed by atoms with Gasteiger partial charge in [-0.05, 0) is 28.9 Å². The maximum atomic E-state index is 12.8. The molecule has 17 heavy (non-hydrogen) atoms. The molecule has 0 saturated carbocycles. The highest BCUT2D eigenvalue weighted by Gasteiger charge is 2.29. The Kier molecular flexibility index (Phi) is 2.44. The van der Waals surface area contributed by atoms with Gasteiger partial charge in [-0.1, -0.05) is 11.8 Å². The third-order valence-electron chi connectivity index (χ3n) is 2.53. The zero-order chi connectivity index (χ0) is 11.8. The van der Waals surface area contributed by atoms with Crippen LogP contribution in [0.15, 0.2) is 29.4 Å². The Labute approximate surface area is 101 Å². The lowest BCUT2D eigenvalue weighted by molar-refractivity contribution is -0.416. The number of carbonyl (C=O) groups is 1. The number of thioether (sulfide) groups is 1. The van der Waals surface area contributed by atoms with Gasteiger partial charge in [0.15, 0.2) is 0 Å². The smallest absolute Gasteiger partial charge is 0.253 e. The average Bonchev–Trinajstić information content (AvgIpc) is 2.75. The van der Waals surface area contributed by atoms with Crippen molar-refractivity contribution in [2.75, 3.05) is 5.75 Å². The van der Waals surface area contributed by atoms with Crippen molar-refractivity contribution in [1.29, 1.82) is 0 Å². The van der Waals surface area contributed by atoms with E-state index in [9.17, 15) is 9.18 Å². The number of aromatic amines is 1. The Morgan fingerprint density at radius 3 is 2.82 bits per heavy atom. The van der Waals surface area contributed by atoms with Crippen LogP contribution >= 0.6 is 11.8 Å². The number of halogens is 1. The number of fused-ring (bicyclic) bond motifs is 1. The fraction of sp³-hybridized carbons (Fsp3) is 0.182. The van der Waals surface area contributed by atoms with Gasteiger partial charge in [-0.2, -0.15) is 0 Å². The molecule has 0 bridgehead atoms. The fourth-order valence-electron chi connectivity index (χ4n) is 1.67. The molecule has 6 heteroatoms. The number of hydrogen-bond acceptors (Lipinski definition) is 3. The number of benzene rings is 1. The molecule has 1 aliphatic heterocycles. The minimum atomic E-state index is -0.289. The van der Waals surface area contributed by atoms with Gasteiger partial charge in [-0.3, -0.25) is 4.79 Å². The molecule has 0 spiro atoms. The fourth-order valence-corrected chi connectivity index (χ4v) is 2.57. The highest BCUT2D eigenvalue weighted by atomic mass is 32.2. The van der Waals surface area contributed by atoms with Gasteiger partial charge in [0.1, 0.15) is 5.82 Å². The molecular weight excluding hydrogens is 241 g/mol. The lowest BCUT2D eigenvalue weighted by Gasteiger charge is -2.00. The van der Waals surface area contributed by atoms with E-state index >= 15 is 0 Å². The third-order valence-corrected chi connectivity index (χ3v) is 3.48. The van der Waals surface area contributed by atoms with Crippen LogP contribution < -0.4 is 4.98 Å². The molecule has 1 N–H and O–H groups in total. The second-order valence-electron chi connectivity index (χ2n) is 3.69. The summed E-state index contributed by atoms with van der Waals surface area (Å²) in [5.41, 5.74) is 0.765. The molecule has 0 aliphatic carbocycles.